The van der Waals surface area contributed by atoms with Crippen molar-refractivity contribution in [1.29, 1.82) is 0 Å². The molecule has 0 saturated heterocycles. The first-order chi connectivity index (χ1) is 18.5. The third kappa shape index (κ3) is 5.95. The van der Waals surface area contributed by atoms with Gasteiger partial charge in [-0.15, -0.1) is 0 Å². The number of halogens is 2. The summed E-state index contributed by atoms with van der Waals surface area (Å²) in [4.78, 5) is 43.4. The van der Waals surface area contributed by atoms with E-state index in [1.165, 1.54) is 11.5 Å². The molecule has 204 valence electrons. The number of hydrogen-bond acceptors (Lipinski definition) is 8. The van der Waals surface area contributed by atoms with Crippen LogP contribution in [0.25, 0.3) is 6.08 Å². The SMILES string of the molecule is CCOC(=O)C1=C(C)N=c2s/c(=C\c3cc(Cl)c(OC(C)=O)c(Cl)c3)c(=O)n2[C@@H]1c1ccccc1OC(C)C. The maximum absolute atomic E-state index is 13.9. The van der Waals surface area contributed by atoms with Gasteiger partial charge in [-0.1, -0.05) is 52.7 Å². The highest BCUT2D eigenvalue weighted by Gasteiger charge is 2.35. The van der Waals surface area contributed by atoms with Crippen LogP contribution in [-0.4, -0.2) is 29.2 Å². The van der Waals surface area contributed by atoms with Gasteiger partial charge < -0.3 is 14.2 Å². The molecule has 11 heteroatoms. The number of carbonyl (C=O) groups is 2. The molecule has 1 atom stereocenters. The molecule has 0 spiro atoms. The number of carbonyl (C=O) groups excluding carboxylic acids is 2. The number of aromatic nitrogens is 1. The van der Waals surface area contributed by atoms with E-state index in [0.29, 0.717) is 31.9 Å². The Kier molecular flexibility index (Phi) is 8.64. The Morgan fingerprint density at radius 3 is 2.46 bits per heavy atom. The van der Waals surface area contributed by atoms with Gasteiger partial charge in [0.1, 0.15) is 11.8 Å². The van der Waals surface area contributed by atoms with E-state index < -0.39 is 18.0 Å². The predicted molar refractivity (Wildman–Crippen MR) is 150 cm³/mol. The van der Waals surface area contributed by atoms with Gasteiger partial charge in [-0.2, -0.15) is 0 Å². The van der Waals surface area contributed by atoms with Gasteiger partial charge in [0.2, 0.25) is 0 Å². The molecule has 3 aromatic rings. The highest BCUT2D eigenvalue weighted by atomic mass is 35.5. The molecule has 1 aliphatic rings. The van der Waals surface area contributed by atoms with Crippen LogP contribution in [-0.2, 0) is 14.3 Å². The van der Waals surface area contributed by atoms with E-state index in [1.54, 1.807) is 38.1 Å². The quantitative estimate of drug-likeness (QED) is 0.290. The predicted octanol–water partition coefficient (Wildman–Crippen LogP) is 4.82. The van der Waals surface area contributed by atoms with Crippen molar-refractivity contribution >= 4 is 52.6 Å². The number of fused-ring (bicyclic) bond motifs is 1. The largest absolute Gasteiger partial charge is 0.491 e. The fourth-order valence-corrected chi connectivity index (χ4v) is 5.84. The third-order valence-corrected chi connectivity index (χ3v) is 7.20. The lowest BCUT2D eigenvalue weighted by Gasteiger charge is -2.26. The molecule has 0 bridgehead atoms. The van der Waals surface area contributed by atoms with Crippen LogP contribution in [0.2, 0.25) is 10.0 Å². The van der Waals surface area contributed by atoms with Gasteiger partial charge >= 0.3 is 11.9 Å². The van der Waals surface area contributed by atoms with Crippen LogP contribution in [0.5, 0.6) is 11.5 Å². The van der Waals surface area contributed by atoms with Crippen molar-refractivity contribution in [3.8, 4) is 11.5 Å². The molecule has 0 unspecified atom stereocenters. The Bertz CT molecular complexity index is 1650. The van der Waals surface area contributed by atoms with Crippen molar-refractivity contribution in [2.45, 2.75) is 46.8 Å². The van der Waals surface area contributed by atoms with Gasteiger partial charge in [0.15, 0.2) is 10.6 Å². The zero-order valence-corrected chi connectivity index (χ0v) is 24.2. The topological polar surface area (TPSA) is 96.2 Å². The number of rotatable bonds is 7. The Morgan fingerprint density at radius 1 is 1.18 bits per heavy atom. The second-order valence-corrected chi connectivity index (χ2v) is 10.7. The van der Waals surface area contributed by atoms with E-state index in [4.69, 9.17) is 37.4 Å². The molecule has 39 heavy (non-hydrogen) atoms. The van der Waals surface area contributed by atoms with Crippen molar-refractivity contribution in [2.75, 3.05) is 6.61 Å². The maximum Gasteiger partial charge on any atom is 0.338 e. The van der Waals surface area contributed by atoms with E-state index in [0.717, 1.165) is 11.3 Å². The van der Waals surface area contributed by atoms with Crippen molar-refractivity contribution in [3.05, 3.63) is 88.5 Å². The smallest absolute Gasteiger partial charge is 0.338 e. The van der Waals surface area contributed by atoms with E-state index >= 15 is 0 Å². The Hall–Kier alpha value is -3.40. The van der Waals surface area contributed by atoms with Gasteiger partial charge in [-0.3, -0.25) is 14.2 Å². The van der Waals surface area contributed by atoms with Crippen molar-refractivity contribution < 1.29 is 23.8 Å². The summed E-state index contributed by atoms with van der Waals surface area (Å²) in [6, 6.07) is 9.55. The fourth-order valence-electron chi connectivity index (χ4n) is 4.21. The minimum absolute atomic E-state index is 0.0425. The Balaban J connectivity index is 1.94. The van der Waals surface area contributed by atoms with Gasteiger partial charge in [0, 0.05) is 12.5 Å². The van der Waals surface area contributed by atoms with Crippen LogP contribution in [0.15, 0.2) is 57.5 Å². The molecule has 1 aromatic heterocycles. The fraction of sp³-hybridized carbons (Fsp3) is 0.286. The third-order valence-electron chi connectivity index (χ3n) is 5.66. The lowest BCUT2D eigenvalue weighted by atomic mass is 9.95. The van der Waals surface area contributed by atoms with Crippen molar-refractivity contribution in [3.63, 3.8) is 0 Å². The maximum atomic E-state index is 13.9. The van der Waals surface area contributed by atoms with Gasteiger partial charge in [0.25, 0.3) is 5.56 Å². The summed E-state index contributed by atoms with van der Waals surface area (Å²) in [5.41, 5.74) is 1.49. The van der Waals surface area contributed by atoms with Gasteiger partial charge in [-0.05, 0) is 57.5 Å². The second kappa shape index (κ2) is 11.8. The highest BCUT2D eigenvalue weighted by molar-refractivity contribution is 7.07. The zero-order valence-electron chi connectivity index (χ0n) is 21.9. The summed E-state index contributed by atoms with van der Waals surface area (Å²) < 4.78 is 18.3. The first-order valence-corrected chi connectivity index (χ1v) is 13.7. The summed E-state index contributed by atoms with van der Waals surface area (Å²) >= 11 is 13.8. The van der Waals surface area contributed by atoms with Crippen LogP contribution in [0, 0.1) is 0 Å². The van der Waals surface area contributed by atoms with E-state index in [2.05, 4.69) is 4.99 Å². The van der Waals surface area contributed by atoms with Crippen LogP contribution >= 0.6 is 34.5 Å². The first-order valence-electron chi connectivity index (χ1n) is 12.1. The molecule has 1 aliphatic heterocycles. The second-order valence-electron chi connectivity index (χ2n) is 8.91. The monoisotopic (exact) mass is 588 g/mol. The molecule has 0 saturated carbocycles. The number of thiazole rings is 1. The zero-order chi connectivity index (χ0) is 28.4. The van der Waals surface area contributed by atoms with Crippen LogP contribution < -0.4 is 24.4 Å². The number of allylic oxidation sites excluding steroid dienone is 1. The first kappa shape index (κ1) is 28.6. The number of nitrogens with zero attached hydrogens (tertiary/aromatic N) is 2. The molecule has 0 aliphatic carbocycles. The van der Waals surface area contributed by atoms with E-state index in [-0.39, 0.29) is 39.6 Å². The van der Waals surface area contributed by atoms with Crippen molar-refractivity contribution in [1.82, 2.24) is 4.57 Å². The van der Waals surface area contributed by atoms with Crippen LogP contribution in [0.3, 0.4) is 0 Å². The van der Waals surface area contributed by atoms with Crippen molar-refractivity contribution in [2.24, 2.45) is 4.99 Å². The number of ether oxygens (including phenoxy) is 3. The normalized spacial score (nSPS) is 15.2. The van der Waals surface area contributed by atoms with E-state index in [1.807, 2.05) is 32.0 Å². The lowest BCUT2D eigenvalue weighted by Crippen LogP contribution is -2.40. The Labute approximate surface area is 238 Å². The molecule has 8 nitrogen and oxygen atoms in total. The summed E-state index contributed by atoms with van der Waals surface area (Å²) in [7, 11) is 0. The molecule has 0 fully saturated rings. The molecule has 0 radical (unpaired) electrons. The summed E-state index contributed by atoms with van der Waals surface area (Å²) in [5, 5.41) is 0.240. The molecule has 2 heterocycles. The number of hydrogen-bond donors (Lipinski definition) is 0. The number of esters is 2. The minimum atomic E-state index is -0.823. The standard InChI is InChI=1S/C28H26Cl2N2O6S/c1-6-36-27(35)23-15(4)31-28-32(24(23)18-9-7-8-10-21(18)37-14(2)3)26(34)22(39-28)13-17-11-19(29)25(20(30)12-17)38-16(5)33/h7-14,24H,6H2,1-5H3/b22-13-/t24-/m1/s1. The Morgan fingerprint density at radius 2 is 1.85 bits per heavy atom. The molecular formula is C28H26Cl2N2O6S. The average Bonchev–Trinajstić information content (AvgIpc) is 3.15. The molecule has 0 amide bonds. The van der Waals surface area contributed by atoms with E-state index in [9.17, 15) is 14.4 Å². The van der Waals surface area contributed by atoms with Gasteiger partial charge in [-0.25, -0.2) is 9.79 Å². The average molecular weight is 589 g/mol. The summed E-state index contributed by atoms with van der Waals surface area (Å²) in [6.45, 7) is 8.65. The van der Waals surface area contributed by atoms with Gasteiger partial charge in [0.05, 0.1) is 38.6 Å². The highest BCUT2D eigenvalue weighted by Crippen LogP contribution is 2.37. The molecule has 4 rings (SSSR count). The summed E-state index contributed by atoms with van der Waals surface area (Å²) in [5.74, 6) is -0.532. The van der Waals surface area contributed by atoms with Crippen LogP contribution in [0.4, 0.5) is 0 Å². The molecular weight excluding hydrogens is 563 g/mol. The number of benzene rings is 2. The molecule has 0 N–H and O–H groups in total. The lowest BCUT2D eigenvalue weighted by molar-refractivity contribution is -0.139. The minimum Gasteiger partial charge on any atom is -0.491 e. The van der Waals surface area contributed by atoms with Crippen LogP contribution in [0.1, 0.15) is 51.8 Å². The summed E-state index contributed by atoms with van der Waals surface area (Å²) in [6.07, 6.45) is 1.48. The number of para-hydroxylation sites is 1. The molecule has 2 aromatic carbocycles.